The molecule has 2 atom stereocenters. The van der Waals surface area contributed by atoms with Crippen molar-refractivity contribution in [2.45, 2.75) is 25.9 Å². The lowest BCUT2D eigenvalue weighted by Gasteiger charge is -2.19. The van der Waals surface area contributed by atoms with Crippen molar-refractivity contribution < 1.29 is 14.3 Å². The van der Waals surface area contributed by atoms with E-state index in [1.165, 1.54) is 0 Å². The van der Waals surface area contributed by atoms with E-state index in [2.05, 4.69) is 15.6 Å². The first-order chi connectivity index (χ1) is 11.1. The van der Waals surface area contributed by atoms with Gasteiger partial charge in [0.05, 0.1) is 12.1 Å². The molecule has 2 amide bonds. The zero-order valence-electron chi connectivity index (χ0n) is 13.1. The Balaban J connectivity index is 1.59. The quantitative estimate of drug-likeness (QED) is 0.910. The highest BCUT2D eigenvalue weighted by atomic mass is 16.7. The van der Waals surface area contributed by atoms with E-state index in [9.17, 15) is 4.79 Å². The lowest BCUT2D eigenvalue weighted by Crippen LogP contribution is -2.38. The Kier molecular flexibility index (Phi) is 4.32. The van der Waals surface area contributed by atoms with Gasteiger partial charge in [0.1, 0.15) is 0 Å². The first-order valence-corrected chi connectivity index (χ1v) is 7.50. The number of urea groups is 1. The zero-order chi connectivity index (χ0) is 16.2. The van der Waals surface area contributed by atoms with Gasteiger partial charge in [-0.1, -0.05) is 6.07 Å². The van der Waals surface area contributed by atoms with Crippen LogP contribution in [0.4, 0.5) is 4.79 Å². The molecule has 0 spiro atoms. The molecule has 120 valence electrons. The molecular formula is C17H19N3O3. The maximum Gasteiger partial charge on any atom is 0.315 e. The Bertz CT molecular complexity index is 691. The number of benzene rings is 1. The highest BCUT2D eigenvalue weighted by Crippen LogP contribution is 2.34. The van der Waals surface area contributed by atoms with Crippen LogP contribution in [0.3, 0.4) is 0 Å². The SMILES string of the molecule is CC(NC(=O)NC(C)c1ccc2c(c1)OCO2)c1ccncc1. The van der Waals surface area contributed by atoms with Crippen molar-refractivity contribution in [1.82, 2.24) is 15.6 Å². The van der Waals surface area contributed by atoms with E-state index in [1.807, 2.05) is 44.2 Å². The van der Waals surface area contributed by atoms with Crippen molar-refractivity contribution >= 4 is 6.03 Å². The third kappa shape index (κ3) is 3.53. The topological polar surface area (TPSA) is 72.5 Å². The molecule has 0 aliphatic carbocycles. The molecule has 0 fully saturated rings. The van der Waals surface area contributed by atoms with Crippen LogP contribution >= 0.6 is 0 Å². The summed E-state index contributed by atoms with van der Waals surface area (Å²) in [5.41, 5.74) is 1.96. The molecule has 1 aliphatic rings. The number of ether oxygens (including phenoxy) is 2. The number of amides is 2. The van der Waals surface area contributed by atoms with Gasteiger partial charge in [-0.25, -0.2) is 4.79 Å². The Morgan fingerprint density at radius 3 is 2.39 bits per heavy atom. The summed E-state index contributed by atoms with van der Waals surface area (Å²) in [6.07, 6.45) is 3.42. The first kappa shape index (κ1) is 15.1. The van der Waals surface area contributed by atoms with Gasteiger partial charge >= 0.3 is 6.03 Å². The number of carbonyl (C=O) groups excluding carboxylic acids is 1. The minimum absolute atomic E-state index is 0.0954. The summed E-state index contributed by atoms with van der Waals surface area (Å²) in [6.45, 7) is 4.10. The fourth-order valence-electron chi connectivity index (χ4n) is 2.44. The third-order valence-corrected chi connectivity index (χ3v) is 3.80. The predicted molar refractivity (Wildman–Crippen MR) is 85.3 cm³/mol. The van der Waals surface area contributed by atoms with Crippen molar-refractivity contribution in [2.75, 3.05) is 6.79 Å². The van der Waals surface area contributed by atoms with Crippen LogP contribution in [0.25, 0.3) is 0 Å². The molecule has 2 aromatic rings. The lowest BCUT2D eigenvalue weighted by atomic mass is 10.1. The van der Waals surface area contributed by atoms with E-state index in [4.69, 9.17) is 9.47 Å². The normalized spacial score (nSPS) is 14.9. The summed E-state index contributed by atoms with van der Waals surface area (Å²) in [5, 5.41) is 5.84. The number of carbonyl (C=O) groups is 1. The summed E-state index contributed by atoms with van der Waals surface area (Å²) < 4.78 is 10.6. The lowest BCUT2D eigenvalue weighted by molar-refractivity contribution is 0.174. The maximum absolute atomic E-state index is 12.2. The van der Waals surface area contributed by atoms with Crippen LogP contribution in [-0.4, -0.2) is 17.8 Å². The fourth-order valence-corrected chi connectivity index (χ4v) is 2.44. The summed E-state index contributed by atoms with van der Waals surface area (Å²) in [7, 11) is 0. The molecule has 1 aromatic heterocycles. The van der Waals surface area contributed by atoms with Crippen LogP contribution in [0.1, 0.15) is 37.1 Å². The largest absolute Gasteiger partial charge is 0.454 e. The molecule has 1 aliphatic heterocycles. The Morgan fingerprint density at radius 2 is 1.65 bits per heavy atom. The van der Waals surface area contributed by atoms with Gasteiger partial charge in [0.2, 0.25) is 6.79 Å². The molecule has 2 N–H and O–H groups in total. The fraction of sp³-hybridized carbons (Fsp3) is 0.294. The molecule has 2 heterocycles. The Labute approximate surface area is 134 Å². The highest BCUT2D eigenvalue weighted by Gasteiger charge is 2.17. The molecule has 2 unspecified atom stereocenters. The van der Waals surface area contributed by atoms with Gasteiger partial charge in [-0.2, -0.15) is 0 Å². The van der Waals surface area contributed by atoms with Crippen molar-refractivity contribution in [3.63, 3.8) is 0 Å². The Morgan fingerprint density at radius 1 is 1.00 bits per heavy atom. The molecule has 0 bridgehead atoms. The van der Waals surface area contributed by atoms with E-state index in [-0.39, 0.29) is 24.9 Å². The van der Waals surface area contributed by atoms with Gasteiger partial charge in [-0.3, -0.25) is 4.98 Å². The van der Waals surface area contributed by atoms with E-state index in [0.717, 1.165) is 16.9 Å². The maximum atomic E-state index is 12.2. The molecular weight excluding hydrogens is 294 g/mol. The average Bonchev–Trinajstić information content (AvgIpc) is 3.03. The molecule has 3 rings (SSSR count). The minimum Gasteiger partial charge on any atom is -0.454 e. The van der Waals surface area contributed by atoms with Crippen LogP contribution in [0, 0.1) is 0 Å². The number of rotatable bonds is 4. The molecule has 6 nitrogen and oxygen atoms in total. The average molecular weight is 313 g/mol. The second-order valence-corrected chi connectivity index (χ2v) is 5.45. The number of pyridine rings is 1. The van der Waals surface area contributed by atoms with E-state index >= 15 is 0 Å². The van der Waals surface area contributed by atoms with Crippen LogP contribution in [-0.2, 0) is 0 Å². The summed E-state index contributed by atoms with van der Waals surface area (Å²) >= 11 is 0. The Hall–Kier alpha value is -2.76. The smallest absolute Gasteiger partial charge is 0.315 e. The molecule has 0 saturated carbocycles. The minimum atomic E-state index is -0.223. The monoisotopic (exact) mass is 313 g/mol. The number of hydrogen-bond acceptors (Lipinski definition) is 4. The van der Waals surface area contributed by atoms with E-state index in [1.54, 1.807) is 12.4 Å². The highest BCUT2D eigenvalue weighted by molar-refractivity contribution is 5.75. The number of nitrogens with one attached hydrogen (secondary N) is 2. The first-order valence-electron chi connectivity index (χ1n) is 7.50. The second-order valence-electron chi connectivity index (χ2n) is 5.45. The van der Waals surface area contributed by atoms with Crippen molar-refractivity contribution in [3.8, 4) is 11.5 Å². The number of aromatic nitrogens is 1. The van der Waals surface area contributed by atoms with Crippen molar-refractivity contribution in [1.29, 1.82) is 0 Å². The summed E-state index contributed by atoms with van der Waals surface area (Å²) in [5.74, 6) is 1.44. The zero-order valence-corrected chi connectivity index (χ0v) is 13.1. The summed E-state index contributed by atoms with van der Waals surface area (Å²) in [6, 6.07) is 8.96. The van der Waals surface area contributed by atoms with Gasteiger partial charge < -0.3 is 20.1 Å². The van der Waals surface area contributed by atoms with Crippen LogP contribution in [0.5, 0.6) is 11.5 Å². The third-order valence-electron chi connectivity index (χ3n) is 3.80. The van der Waals surface area contributed by atoms with Gasteiger partial charge in [-0.05, 0) is 49.2 Å². The molecule has 23 heavy (non-hydrogen) atoms. The van der Waals surface area contributed by atoms with Crippen LogP contribution in [0.15, 0.2) is 42.7 Å². The second kappa shape index (κ2) is 6.56. The molecule has 0 saturated heterocycles. The van der Waals surface area contributed by atoms with Gasteiger partial charge in [0, 0.05) is 12.4 Å². The number of hydrogen-bond donors (Lipinski definition) is 2. The van der Waals surface area contributed by atoms with Gasteiger partial charge in [0.25, 0.3) is 0 Å². The van der Waals surface area contributed by atoms with Gasteiger partial charge in [-0.15, -0.1) is 0 Å². The van der Waals surface area contributed by atoms with Crippen molar-refractivity contribution in [3.05, 3.63) is 53.9 Å². The van der Waals surface area contributed by atoms with Crippen molar-refractivity contribution in [2.24, 2.45) is 0 Å². The predicted octanol–water partition coefficient (Wildman–Crippen LogP) is 2.93. The number of nitrogens with zero attached hydrogens (tertiary/aromatic N) is 1. The van der Waals surface area contributed by atoms with Crippen LogP contribution in [0.2, 0.25) is 0 Å². The molecule has 0 radical (unpaired) electrons. The summed E-state index contributed by atoms with van der Waals surface area (Å²) in [4.78, 5) is 16.1. The van der Waals surface area contributed by atoms with E-state index in [0.29, 0.717) is 5.75 Å². The molecule has 6 heteroatoms. The standard InChI is InChI=1S/C17H19N3O3/c1-11(13-5-7-18-8-6-13)19-17(21)20-12(2)14-3-4-15-16(9-14)23-10-22-15/h3-9,11-12H,10H2,1-2H3,(H2,19,20,21). The van der Waals surface area contributed by atoms with Gasteiger partial charge in [0.15, 0.2) is 11.5 Å². The molecule has 1 aromatic carbocycles. The number of fused-ring (bicyclic) bond motifs is 1. The van der Waals surface area contributed by atoms with Crippen LogP contribution < -0.4 is 20.1 Å². The van der Waals surface area contributed by atoms with E-state index < -0.39 is 0 Å².